The number of fused-ring (bicyclic) bond motifs is 1. The summed E-state index contributed by atoms with van der Waals surface area (Å²) in [7, 11) is -3.15. The fourth-order valence-corrected chi connectivity index (χ4v) is 3.97. The van der Waals surface area contributed by atoms with E-state index in [1.54, 1.807) is 0 Å². The Bertz CT molecular complexity index is 842. The molecule has 1 aliphatic rings. The first-order valence-electron chi connectivity index (χ1n) is 6.78. The molecule has 23 heavy (non-hydrogen) atoms. The molecule has 1 fully saturated rings. The average molecular weight is 349 g/mol. The molecule has 0 spiro atoms. The Morgan fingerprint density at radius 3 is 2.65 bits per heavy atom. The van der Waals surface area contributed by atoms with Crippen LogP contribution in [0.15, 0.2) is 12.4 Å². The van der Waals surface area contributed by atoms with Crippen LogP contribution in [0.3, 0.4) is 0 Å². The van der Waals surface area contributed by atoms with E-state index in [0.29, 0.717) is 12.8 Å². The number of alkyl halides is 3. The number of halogens is 3. The number of nitrogens with one attached hydrogen (secondary N) is 1. The zero-order chi connectivity index (χ0) is 16.9. The first-order chi connectivity index (χ1) is 10.6. The third-order valence-electron chi connectivity index (χ3n) is 3.71. The van der Waals surface area contributed by atoms with Gasteiger partial charge in [-0.15, -0.1) is 0 Å². The van der Waals surface area contributed by atoms with Crippen molar-refractivity contribution in [3.05, 3.63) is 18.1 Å². The molecule has 0 atom stereocenters. The number of sulfone groups is 1. The topological polar surface area (TPSA) is 89.2 Å². The molecule has 126 valence electrons. The zero-order valence-corrected chi connectivity index (χ0v) is 12.9. The Morgan fingerprint density at radius 1 is 1.39 bits per heavy atom. The summed E-state index contributed by atoms with van der Waals surface area (Å²) in [5.74, 6) is -0.0834. The highest BCUT2D eigenvalue weighted by Gasteiger charge is 2.45. The molecule has 2 heterocycles. The largest absolute Gasteiger partial charge is 0.433 e. The molecule has 2 aromatic heterocycles. The van der Waals surface area contributed by atoms with Gasteiger partial charge in [-0.05, 0) is 12.8 Å². The quantitative estimate of drug-likeness (QED) is 0.877. The summed E-state index contributed by atoms with van der Waals surface area (Å²) in [5, 5.41) is 6.70. The van der Waals surface area contributed by atoms with Crippen molar-refractivity contribution >= 4 is 21.4 Å². The lowest BCUT2D eigenvalue weighted by molar-refractivity contribution is -0.141. The molecule has 1 N–H and O–H groups in total. The Labute approximate surface area is 129 Å². The number of hydrogen-bond acceptors (Lipinski definition) is 6. The van der Waals surface area contributed by atoms with E-state index in [9.17, 15) is 21.6 Å². The van der Waals surface area contributed by atoms with E-state index in [1.165, 1.54) is 0 Å². The Hall–Kier alpha value is -1.91. The van der Waals surface area contributed by atoms with Crippen LogP contribution in [0.4, 0.5) is 19.0 Å². The van der Waals surface area contributed by atoms with E-state index in [2.05, 4.69) is 20.4 Å². The van der Waals surface area contributed by atoms with Crippen molar-refractivity contribution in [3.8, 4) is 0 Å². The minimum Gasteiger partial charge on any atom is -0.369 e. The molecular formula is C12H14F3N5O2S. The van der Waals surface area contributed by atoms with Gasteiger partial charge in [0.05, 0.1) is 5.75 Å². The van der Waals surface area contributed by atoms with E-state index < -0.39 is 27.1 Å². The summed E-state index contributed by atoms with van der Waals surface area (Å²) in [4.78, 5) is 7.09. The molecule has 0 bridgehead atoms. The minimum absolute atomic E-state index is 0.00467. The number of rotatable bonds is 5. The number of nitrogens with zero attached hydrogens (tertiary/aromatic N) is 4. The maximum atomic E-state index is 12.9. The maximum Gasteiger partial charge on any atom is 0.433 e. The minimum atomic E-state index is -4.60. The van der Waals surface area contributed by atoms with Gasteiger partial charge in [0.1, 0.15) is 22.0 Å². The van der Waals surface area contributed by atoms with Crippen LogP contribution in [0.25, 0.3) is 5.78 Å². The molecule has 0 unspecified atom stereocenters. The lowest BCUT2D eigenvalue weighted by Gasteiger charge is -2.17. The van der Waals surface area contributed by atoms with Gasteiger partial charge in [0.2, 0.25) is 0 Å². The standard InChI is InChI=1S/C12H14F3N5O2S/c1-23(21,22)6-11(2-3-11)5-16-9-4-8(12(13,14)15)19-10-17-7-18-20(9)10/h4,7,16H,2-3,5-6H2,1H3. The van der Waals surface area contributed by atoms with E-state index in [4.69, 9.17) is 0 Å². The van der Waals surface area contributed by atoms with Crippen LogP contribution in [-0.4, -0.2) is 46.6 Å². The second-order valence-corrected chi connectivity index (χ2v) is 8.06. The lowest BCUT2D eigenvalue weighted by Crippen LogP contribution is -2.25. The number of anilines is 1. The fourth-order valence-electron chi connectivity index (χ4n) is 2.47. The zero-order valence-electron chi connectivity index (χ0n) is 12.1. The predicted octanol–water partition coefficient (Wildman–Crippen LogP) is 1.38. The van der Waals surface area contributed by atoms with Gasteiger partial charge in [0.15, 0.2) is 5.69 Å². The third kappa shape index (κ3) is 3.54. The molecule has 2 aromatic rings. The van der Waals surface area contributed by atoms with Crippen molar-refractivity contribution in [3.63, 3.8) is 0 Å². The fraction of sp³-hybridized carbons (Fsp3) is 0.583. The molecule has 1 aliphatic carbocycles. The van der Waals surface area contributed by atoms with Gasteiger partial charge in [-0.2, -0.15) is 27.8 Å². The van der Waals surface area contributed by atoms with Crippen LogP contribution in [0.1, 0.15) is 18.5 Å². The first kappa shape index (κ1) is 16.0. The number of aromatic nitrogens is 4. The summed E-state index contributed by atoms with van der Waals surface area (Å²) in [6, 6.07) is 0.845. The molecular weight excluding hydrogens is 335 g/mol. The van der Waals surface area contributed by atoms with Crippen molar-refractivity contribution in [1.82, 2.24) is 19.6 Å². The molecule has 0 radical (unpaired) electrons. The molecule has 7 nitrogen and oxygen atoms in total. The molecule has 0 saturated heterocycles. The highest BCUT2D eigenvalue weighted by molar-refractivity contribution is 7.90. The van der Waals surface area contributed by atoms with E-state index in [-0.39, 0.29) is 23.9 Å². The highest BCUT2D eigenvalue weighted by Crippen LogP contribution is 2.46. The third-order valence-corrected chi connectivity index (χ3v) is 4.85. The maximum absolute atomic E-state index is 12.9. The normalized spacial score (nSPS) is 17.4. The second-order valence-electron chi connectivity index (χ2n) is 5.92. The van der Waals surface area contributed by atoms with Crippen LogP contribution < -0.4 is 5.32 Å². The molecule has 3 rings (SSSR count). The summed E-state index contributed by atoms with van der Waals surface area (Å²) < 4.78 is 62.7. The van der Waals surface area contributed by atoms with Crippen LogP contribution >= 0.6 is 0 Å². The first-order valence-corrected chi connectivity index (χ1v) is 8.84. The van der Waals surface area contributed by atoms with E-state index in [1.807, 2.05) is 0 Å². The summed E-state index contributed by atoms with van der Waals surface area (Å²) >= 11 is 0. The van der Waals surface area contributed by atoms with Crippen molar-refractivity contribution in [2.45, 2.75) is 19.0 Å². The van der Waals surface area contributed by atoms with Gasteiger partial charge in [0.25, 0.3) is 5.78 Å². The van der Waals surface area contributed by atoms with Crippen molar-refractivity contribution in [2.24, 2.45) is 5.41 Å². The van der Waals surface area contributed by atoms with E-state index in [0.717, 1.165) is 23.2 Å². The molecule has 11 heteroatoms. The van der Waals surface area contributed by atoms with Gasteiger partial charge >= 0.3 is 6.18 Å². The SMILES string of the molecule is CS(=O)(=O)CC1(CNc2cc(C(F)(F)F)nc3ncnn23)CC1. The summed E-state index contributed by atoms with van der Waals surface area (Å²) in [5.41, 5.74) is -1.50. The average Bonchev–Trinajstić information content (AvgIpc) is 2.97. The van der Waals surface area contributed by atoms with Crippen LogP contribution in [0.2, 0.25) is 0 Å². The second kappa shape index (κ2) is 5.05. The molecule has 1 saturated carbocycles. The predicted molar refractivity (Wildman–Crippen MR) is 75.7 cm³/mol. The summed E-state index contributed by atoms with van der Waals surface area (Å²) in [6.45, 7) is 0.246. The van der Waals surface area contributed by atoms with Gasteiger partial charge in [-0.25, -0.2) is 13.4 Å². The van der Waals surface area contributed by atoms with Gasteiger partial charge in [0, 0.05) is 24.3 Å². The Morgan fingerprint density at radius 2 is 2.09 bits per heavy atom. The van der Waals surface area contributed by atoms with Gasteiger partial charge in [-0.1, -0.05) is 0 Å². The Balaban J connectivity index is 1.87. The van der Waals surface area contributed by atoms with E-state index >= 15 is 0 Å². The molecule has 0 amide bonds. The Kier molecular flexibility index (Phi) is 3.50. The van der Waals surface area contributed by atoms with Crippen molar-refractivity contribution in [2.75, 3.05) is 23.9 Å². The molecule has 0 aliphatic heterocycles. The van der Waals surface area contributed by atoms with Crippen molar-refractivity contribution in [1.29, 1.82) is 0 Å². The lowest BCUT2D eigenvalue weighted by atomic mass is 10.1. The van der Waals surface area contributed by atoms with Crippen LogP contribution in [0.5, 0.6) is 0 Å². The van der Waals surface area contributed by atoms with Crippen molar-refractivity contribution < 1.29 is 21.6 Å². The summed E-state index contributed by atoms with van der Waals surface area (Å²) in [6.07, 6.45) is -0.919. The van der Waals surface area contributed by atoms with Crippen LogP contribution in [-0.2, 0) is 16.0 Å². The highest BCUT2D eigenvalue weighted by atomic mass is 32.2. The van der Waals surface area contributed by atoms with Gasteiger partial charge < -0.3 is 5.32 Å². The van der Waals surface area contributed by atoms with Crippen LogP contribution in [0, 0.1) is 5.41 Å². The van der Waals surface area contributed by atoms with Gasteiger partial charge in [-0.3, -0.25) is 0 Å². The smallest absolute Gasteiger partial charge is 0.369 e. The molecule has 0 aromatic carbocycles. The number of hydrogen-bond donors (Lipinski definition) is 1. The monoisotopic (exact) mass is 349 g/mol.